The van der Waals surface area contributed by atoms with Crippen LogP contribution >= 0.6 is 0 Å². The van der Waals surface area contributed by atoms with Gasteiger partial charge < -0.3 is 9.84 Å². The van der Waals surface area contributed by atoms with Gasteiger partial charge in [-0.2, -0.15) is 4.31 Å². The van der Waals surface area contributed by atoms with Crippen LogP contribution in [0, 0.1) is 0 Å². The van der Waals surface area contributed by atoms with E-state index in [2.05, 4.69) is 4.98 Å². The number of carbonyl (C=O) groups is 1. The Balaban J connectivity index is 2.34. The summed E-state index contributed by atoms with van der Waals surface area (Å²) in [4.78, 5) is 15.2. The van der Waals surface area contributed by atoms with Crippen molar-refractivity contribution in [3.63, 3.8) is 0 Å². The third-order valence-electron chi connectivity index (χ3n) is 3.32. The summed E-state index contributed by atoms with van der Waals surface area (Å²) in [5.74, 6) is -1.11. The Morgan fingerprint density at radius 2 is 2.08 bits per heavy atom. The minimum Gasteiger partial charge on any atom is -0.493 e. The number of sulfonamides is 1. The van der Waals surface area contributed by atoms with Gasteiger partial charge in [0.2, 0.25) is 10.0 Å². The average molecular weight is 350 g/mol. The molecule has 2 aromatic rings. The lowest BCUT2D eigenvalue weighted by molar-refractivity contribution is 0.0692. The molecule has 2 rings (SSSR count). The van der Waals surface area contributed by atoms with E-state index in [0.717, 1.165) is 15.9 Å². The van der Waals surface area contributed by atoms with Crippen molar-refractivity contribution in [3.8, 4) is 5.75 Å². The van der Waals surface area contributed by atoms with Crippen molar-refractivity contribution in [3.05, 3.63) is 53.9 Å². The lowest BCUT2D eigenvalue weighted by Gasteiger charge is -2.18. The first-order valence-electron chi connectivity index (χ1n) is 7.21. The maximum atomic E-state index is 12.7. The summed E-state index contributed by atoms with van der Waals surface area (Å²) in [6.07, 6.45) is 3.18. The van der Waals surface area contributed by atoms with E-state index in [1.54, 1.807) is 31.5 Å². The number of benzene rings is 1. The van der Waals surface area contributed by atoms with Gasteiger partial charge in [0, 0.05) is 26.0 Å². The van der Waals surface area contributed by atoms with Gasteiger partial charge in [-0.3, -0.25) is 4.98 Å². The highest BCUT2D eigenvalue weighted by molar-refractivity contribution is 7.89. The summed E-state index contributed by atoms with van der Waals surface area (Å²) < 4.78 is 31.7. The second-order valence-corrected chi connectivity index (χ2v) is 7.06. The lowest BCUT2D eigenvalue weighted by Crippen LogP contribution is -2.26. The number of rotatable bonds is 7. The van der Waals surface area contributed by atoms with E-state index in [-0.39, 0.29) is 29.4 Å². The molecule has 0 saturated carbocycles. The maximum Gasteiger partial charge on any atom is 0.339 e. The van der Waals surface area contributed by atoms with Gasteiger partial charge in [-0.05, 0) is 36.8 Å². The molecule has 0 atom stereocenters. The predicted molar refractivity (Wildman–Crippen MR) is 87.5 cm³/mol. The fraction of sp³-hybridized carbons (Fsp3) is 0.250. The number of ether oxygens (including phenoxy) is 1. The molecule has 1 aromatic heterocycles. The Morgan fingerprint density at radius 3 is 2.67 bits per heavy atom. The molecule has 8 heteroatoms. The van der Waals surface area contributed by atoms with Gasteiger partial charge in [-0.1, -0.05) is 6.07 Å². The molecule has 24 heavy (non-hydrogen) atoms. The first kappa shape index (κ1) is 17.9. The van der Waals surface area contributed by atoms with Crippen LogP contribution in [0.1, 0.15) is 22.8 Å². The largest absolute Gasteiger partial charge is 0.493 e. The summed E-state index contributed by atoms with van der Waals surface area (Å²) in [7, 11) is -2.41. The van der Waals surface area contributed by atoms with Crippen LogP contribution in [0.25, 0.3) is 0 Å². The van der Waals surface area contributed by atoms with Crippen LogP contribution in [-0.2, 0) is 16.6 Å². The Labute approximate surface area is 140 Å². The summed E-state index contributed by atoms with van der Waals surface area (Å²) in [6, 6.07) is 7.29. The number of hydrogen-bond acceptors (Lipinski definition) is 5. The third-order valence-corrected chi connectivity index (χ3v) is 5.12. The van der Waals surface area contributed by atoms with Crippen molar-refractivity contribution in [1.29, 1.82) is 0 Å². The molecule has 0 aliphatic rings. The van der Waals surface area contributed by atoms with Gasteiger partial charge in [-0.25, -0.2) is 13.2 Å². The summed E-state index contributed by atoms with van der Waals surface area (Å²) >= 11 is 0. The highest BCUT2D eigenvalue weighted by atomic mass is 32.2. The van der Waals surface area contributed by atoms with Gasteiger partial charge in [0.05, 0.1) is 11.5 Å². The molecular formula is C16H18N2O5S. The Morgan fingerprint density at radius 1 is 1.33 bits per heavy atom. The highest BCUT2D eigenvalue weighted by Gasteiger charge is 2.24. The standard InChI is InChI=1S/C16H18N2O5S/c1-3-23-15-7-6-13(9-14(15)16(19)20)24(21,22)18(2)11-12-5-4-8-17-10-12/h4-10H,3,11H2,1-2H3,(H,19,20). The second kappa shape index (κ2) is 7.41. The van der Waals surface area contributed by atoms with E-state index in [4.69, 9.17) is 4.74 Å². The maximum absolute atomic E-state index is 12.7. The number of carboxylic acids is 1. The number of nitrogens with zero attached hydrogens (tertiary/aromatic N) is 2. The molecule has 1 N–H and O–H groups in total. The molecule has 0 radical (unpaired) electrons. The van der Waals surface area contributed by atoms with E-state index in [1.165, 1.54) is 19.2 Å². The third kappa shape index (κ3) is 3.90. The SMILES string of the molecule is CCOc1ccc(S(=O)(=O)N(C)Cc2cccnc2)cc1C(=O)O. The molecule has 7 nitrogen and oxygen atoms in total. The van der Waals surface area contributed by atoms with Crippen molar-refractivity contribution >= 4 is 16.0 Å². The predicted octanol–water partition coefficient (Wildman–Crippen LogP) is 2.00. The molecular weight excluding hydrogens is 332 g/mol. The van der Waals surface area contributed by atoms with Crippen LogP contribution in [0.3, 0.4) is 0 Å². The van der Waals surface area contributed by atoms with Crippen molar-refractivity contribution in [2.45, 2.75) is 18.4 Å². The van der Waals surface area contributed by atoms with E-state index in [9.17, 15) is 18.3 Å². The normalized spacial score (nSPS) is 11.5. The Bertz CT molecular complexity index is 822. The van der Waals surface area contributed by atoms with Crippen LogP contribution in [0.5, 0.6) is 5.75 Å². The zero-order valence-electron chi connectivity index (χ0n) is 13.3. The van der Waals surface area contributed by atoms with Crippen LogP contribution in [0.4, 0.5) is 0 Å². The Kier molecular flexibility index (Phi) is 5.53. The minimum atomic E-state index is -3.84. The zero-order valence-corrected chi connectivity index (χ0v) is 14.2. The van der Waals surface area contributed by atoms with Gasteiger partial charge in [0.15, 0.2) is 0 Å². The first-order chi connectivity index (χ1) is 11.4. The smallest absolute Gasteiger partial charge is 0.339 e. The molecule has 0 fully saturated rings. The molecule has 0 aliphatic heterocycles. The topological polar surface area (TPSA) is 96.8 Å². The van der Waals surface area contributed by atoms with E-state index in [1.807, 2.05) is 0 Å². The monoisotopic (exact) mass is 350 g/mol. The van der Waals surface area contributed by atoms with E-state index in [0.29, 0.717) is 0 Å². The van der Waals surface area contributed by atoms with Crippen molar-refractivity contribution in [2.75, 3.05) is 13.7 Å². The summed E-state index contributed by atoms with van der Waals surface area (Å²) in [5.41, 5.74) is 0.542. The quantitative estimate of drug-likeness (QED) is 0.820. The molecule has 0 amide bonds. The highest BCUT2D eigenvalue weighted by Crippen LogP contribution is 2.25. The number of aromatic nitrogens is 1. The fourth-order valence-electron chi connectivity index (χ4n) is 2.13. The first-order valence-corrected chi connectivity index (χ1v) is 8.65. The molecule has 1 heterocycles. The number of carboxylic acid groups (broad SMARTS) is 1. The number of aromatic carboxylic acids is 1. The van der Waals surface area contributed by atoms with Crippen LogP contribution in [0.15, 0.2) is 47.6 Å². The van der Waals surface area contributed by atoms with Crippen molar-refractivity contribution < 1.29 is 23.1 Å². The molecule has 0 saturated heterocycles. The molecule has 0 bridgehead atoms. The molecule has 0 spiro atoms. The molecule has 128 valence electrons. The zero-order chi connectivity index (χ0) is 17.7. The number of pyridine rings is 1. The van der Waals surface area contributed by atoms with Crippen LogP contribution in [-0.4, -0.2) is 42.4 Å². The molecule has 0 aliphatic carbocycles. The molecule has 0 unspecified atom stereocenters. The van der Waals surface area contributed by atoms with Crippen LogP contribution in [0.2, 0.25) is 0 Å². The van der Waals surface area contributed by atoms with E-state index >= 15 is 0 Å². The fourth-order valence-corrected chi connectivity index (χ4v) is 3.32. The van der Waals surface area contributed by atoms with Gasteiger partial charge in [-0.15, -0.1) is 0 Å². The average Bonchev–Trinajstić information content (AvgIpc) is 2.56. The van der Waals surface area contributed by atoms with E-state index < -0.39 is 16.0 Å². The molecule has 1 aromatic carbocycles. The number of hydrogen-bond donors (Lipinski definition) is 1. The second-order valence-electron chi connectivity index (χ2n) is 5.02. The minimum absolute atomic E-state index is 0.102. The van der Waals surface area contributed by atoms with Crippen molar-refractivity contribution in [2.24, 2.45) is 0 Å². The summed E-state index contributed by atoms with van der Waals surface area (Å²) in [5, 5.41) is 9.26. The van der Waals surface area contributed by atoms with Gasteiger partial charge in [0.1, 0.15) is 11.3 Å². The lowest BCUT2D eigenvalue weighted by atomic mass is 10.2. The van der Waals surface area contributed by atoms with Crippen LogP contribution < -0.4 is 4.74 Å². The van der Waals surface area contributed by atoms with Crippen molar-refractivity contribution in [1.82, 2.24) is 9.29 Å². The summed E-state index contributed by atoms with van der Waals surface area (Å²) in [6.45, 7) is 2.14. The Hall–Kier alpha value is -2.45. The van der Waals surface area contributed by atoms with Gasteiger partial charge >= 0.3 is 5.97 Å². The van der Waals surface area contributed by atoms with Gasteiger partial charge in [0.25, 0.3) is 0 Å².